The van der Waals surface area contributed by atoms with E-state index in [4.69, 9.17) is 23.6 Å². The number of hydrogen-bond acceptors (Lipinski definition) is 11. The molecule has 2 aromatic carbocycles. The molecular weight excluding hydrogens is 755 g/mol. The number of hydrogen-bond donors (Lipinski definition) is 3. The monoisotopic (exact) mass is 799 g/mol. The molecule has 4 aromatic rings. The molecule has 0 bridgehead atoms. The maximum Gasteiger partial charge on any atom is 0.407 e. The largest absolute Gasteiger partial charge is 0.497 e. The molecule has 15 nitrogen and oxygen atoms in total. The summed E-state index contributed by atoms with van der Waals surface area (Å²) < 4.78 is 51.3. The molecule has 4 aliphatic rings. The van der Waals surface area contributed by atoms with Crippen molar-refractivity contribution >= 4 is 55.9 Å². The molecule has 2 aromatic heterocycles. The van der Waals surface area contributed by atoms with Gasteiger partial charge in [0.15, 0.2) is 11.3 Å². The molecule has 2 aliphatic carbocycles. The third-order valence-electron chi connectivity index (χ3n) is 11.3. The first-order valence-electron chi connectivity index (χ1n) is 19.3. The van der Waals surface area contributed by atoms with E-state index in [1.807, 2.05) is 60.7 Å². The van der Waals surface area contributed by atoms with Gasteiger partial charge in [-0.05, 0) is 62.8 Å². The number of pyridine rings is 1. The molecule has 1 saturated heterocycles. The molecule has 3 N–H and O–H groups in total. The van der Waals surface area contributed by atoms with E-state index in [0.29, 0.717) is 66.0 Å². The lowest BCUT2D eigenvalue weighted by Gasteiger charge is -2.29. The van der Waals surface area contributed by atoms with Crippen molar-refractivity contribution in [1.82, 2.24) is 25.2 Å². The predicted octanol–water partition coefficient (Wildman–Crippen LogP) is 4.73. The molecule has 3 fully saturated rings. The lowest BCUT2D eigenvalue weighted by atomic mass is 10.1. The van der Waals surface area contributed by atoms with Crippen LogP contribution in [-0.2, 0) is 29.1 Å². The van der Waals surface area contributed by atoms with Gasteiger partial charge in [0.2, 0.25) is 21.8 Å². The van der Waals surface area contributed by atoms with Crippen LogP contribution >= 0.6 is 0 Å². The number of furan rings is 1. The SMILES string of the molecule is COC(=O)N[C@H]1CCCCC/C=C\[C@H]2C[C@@]2(C(=O)NS(=O)(=O)C2CC2)NC(=O)[C@@H]2C[C@@H](Oc3cc(-c4cccc(OC)c4)nc4c3oc3ccccc34)CN2C1=O. The van der Waals surface area contributed by atoms with Crippen molar-refractivity contribution in [2.24, 2.45) is 5.92 Å². The first-order chi connectivity index (χ1) is 27.5. The van der Waals surface area contributed by atoms with E-state index in [1.54, 1.807) is 13.2 Å². The summed E-state index contributed by atoms with van der Waals surface area (Å²) >= 11 is 0. The lowest BCUT2D eigenvalue weighted by molar-refractivity contribution is -0.141. The minimum atomic E-state index is -3.91. The first-order valence-corrected chi connectivity index (χ1v) is 20.9. The summed E-state index contributed by atoms with van der Waals surface area (Å²) in [4.78, 5) is 61.6. The highest BCUT2D eigenvalue weighted by Crippen LogP contribution is 2.46. The molecule has 4 heterocycles. The number of nitrogens with one attached hydrogen (secondary N) is 3. The van der Waals surface area contributed by atoms with Crippen LogP contribution in [0, 0.1) is 5.92 Å². The van der Waals surface area contributed by atoms with Crippen molar-refractivity contribution in [3.63, 3.8) is 0 Å². The molecule has 2 saturated carbocycles. The van der Waals surface area contributed by atoms with Gasteiger partial charge in [-0.15, -0.1) is 0 Å². The zero-order chi connectivity index (χ0) is 39.9. The number of aromatic nitrogens is 1. The number of rotatable bonds is 8. The van der Waals surface area contributed by atoms with Gasteiger partial charge in [-0.25, -0.2) is 18.2 Å². The Labute approximate surface area is 329 Å². The molecule has 57 heavy (non-hydrogen) atoms. The lowest BCUT2D eigenvalue weighted by Crippen LogP contribution is -2.58. The quantitative estimate of drug-likeness (QED) is 0.209. The molecule has 0 unspecified atom stereocenters. The number of alkyl carbamates (subject to hydrolysis) is 1. The summed E-state index contributed by atoms with van der Waals surface area (Å²) in [6.07, 6.45) is 6.53. The number of sulfonamides is 1. The van der Waals surface area contributed by atoms with Gasteiger partial charge in [0.25, 0.3) is 5.91 Å². The number of carbonyl (C=O) groups excluding carboxylic acids is 4. The number of carbonyl (C=O) groups is 4. The van der Waals surface area contributed by atoms with Crippen LogP contribution in [0.25, 0.3) is 33.3 Å². The summed E-state index contributed by atoms with van der Waals surface area (Å²) in [6, 6.07) is 14.5. The van der Waals surface area contributed by atoms with Crippen LogP contribution in [0.2, 0.25) is 0 Å². The van der Waals surface area contributed by atoms with Gasteiger partial charge in [-0.1, -0.05) is 49.3 Å². The maximum absolute atomic E-state index is 14.5. The van der Waals surface area contributed by atoms with E-state index in [9.17, 15) is 27.6 Å². The molecule has 4 amide bonds. The molecule has 300 valence electrons. The second kappa shape index (κ2) is 15.4. The van der Waals surface area contributed by atoms with Crippen LogP contribution < -0.4 is 24.8 Å². The zero-order valence-electron chi connectivity index (χ0n) is 31.7. The van der Waals surface area contributed by atoms with Gasteiger partial charge in [0.1, 0.15) is 40.6 Å². The van der Waals surface area contributed by atoms with Crippen LogP contribution in [0.1, 0.15) is 57.8 Å². The van der Waals surface area contributed by atoms with E-state index in [-0.39, 0.29) is 19.4 Å². The Morgan fingerprint density at radius 2 is 1.84 bits per heavy atom. The Morgan fingerprint density at radius 1 is 1.02 bits per heavy atom. The number of nitrogens with zero attached hydrogens (tertiary/aromatic N) is 2. The zero-order valence-corrected chi connectivity index (χ0v) is 32.5. The third-order valence-corrected chi connectivity index (χ3v) is 13.1. The molecule has 2 aliphatic heterocycles. The number of methoxy groups -OCH3 is 2. The van der Waals surface area contributed by atoms with E-state index in [0.717, 1.165) is 23.8 Å². The Kier molecular flexibility index (Phi) is 10.3. The number of ether oxygens (including phenoxy) is 3. The van der Waals surface area contributed by atoms with Crippen LogP contribution in [-0.4, -0.2) is 91.9 Å². The number of benzene rings is 2. The average Bonchev–Trinajstić information content (AvgIpc) is 4.11. The third kappa shape index (κ3) is 7.74. The number of para-hydroxylation sites is 1. The summed E-state index contributed by atoms with van der Waals surface area (Å²) in [5.74, 6) is -1.42. The fourth-order valence-electron chi connectivity index (χ4n) is 7.90. The summed E-state index contributed by atoms with van der Waals surface area (Å²) in [7, 11) is -1.12. The Morgan fingerprint density at radius 3 is 2.63 bits per heavy atom. The summed E-state index contributed by atoms with van der Waals surface area (Å²) in [6.45, 7) is -0.0482. The minimum absolute atomic E-state index is 0.0135. The second-order valence-corrected chi connectivity index (χ2v) is 17.2. The second-order valence-electron chi connectivity index (χ2n) is 15.2. The molecular formula is C41H45N5O10S. The van der Waals surface area contributed by atoms with Crippen LogP contribution in [0.5, 0.6) is 11.5 Å². The number of allylic oxidation sites excluding steroid dienone is 1. The van der Waals surface area contributed by atoms with Crippen LogP contribution in [0.4, 0.5) is 4.79 Å². The Hall–Kier alpha value is -5.64. The van der Waals surface area contributed by atoms with Crippen LogP contribution in [0.3, 0.4) is 0 Å². The molecule has 16 heteroatoms. The summed E-state index contributed by atoms with van der Waals surface area (Å²) in [5, 5.41) is 5.67. The van der Waals surface area contributed by atoms with Crippen molar-refractivity contribution in [3.8, 4) is 22.8 Å². The smallest absolute Gasteiger partial charge is 0.407 e. The topological polar surface area (TPSA) is 195 Å². The van der Waals surface area contributed by atoms with E-state index in [1.165, 1.54) is 12.0 Å². The maximum atomic E-state index is 14.5. The predicted molar refractivity (Wildman–Crippen MR) is 209 cm³/mol. The Bertz CT molecular complexity index is 2380. The van der Waals surface area contributed by atoms with Gasteiger partial charge in [0.05, 0.1) is 31.7 Å². The van der Waals surface area contributed by atoms with Gasteiger partial charge in [0, 0.05) is 29.4 Å². The van der Waals surface area contributed by atoms with Crippen LogP contribution in [0.15, 0.2) is 71.2 Å². The number of amides is 4. The fourth-order valence-corrected chi connectivity index (χ4v) is 9.26. The van der Waals surface area contributed by atoms with Crippen molar-refractivity contribution < 1.29 is 46.2 Å². The molecule has 0 radical (unpaired) electrons. The van der Waals surface area contributed by atoms with Gasteiger partial charge < -0.3 is 34.2 Å². The van der Waals surface area contributed by atoms with E-state index < -0.39 is 68.7 Å². The molecule has 5 atom stereocenters. The van der Waals surface area contributed by atoms with Crippen molar-refractivity contribution in [2.45, 2.75) is 86.8 Å². The number of fused-ring (bicyclic) bond motifs is 5. The average molecular weight is 800 g/mol. The molecule has 0 spiro atoms. The van der Waals surface area contributed by atoms with Gasteiger partial charge in [-0.3, -0.25) is 19.1 Å². The Balaban J connectivity index is 1.15. The minimum Gasteiger partial charge on any atom is -0.497 e. The van der Waals surface area contributed by atoms with E-state index >= 15 is 0 Å². The van der Waals surface area contributed by atoms with Gasteiger partial charge >= 0.3 is 6.09 Å². The summed E-state index contributed by atoms with van der Waals surface area (Å²) in [5.41, 5.74) is 1.36. The molecule has 8 rings (SSSR count). The highest BCUT2D eigenvalue weighted by molar-refractivity contribution is 7.91. The fraction of sp³-hybridized carbons (Fsp3) is 0.439. The first kappa shape index (κ1) is 38.2. The highest BCUT2D eigenvalue weighted by atomic mass is 32.2. The van der Waals surface area contributed by atoms with Crippen molar-refractivity contribution in [3.05, 3.63) is 66.7 Å². The normalized spacial score (nSPS) is 26.0. The standard InChI is InChI=1S/C41H45N5O10S/c1-53-26-13-10-11-24(19-26)31-21-34(36-35(42-31)29-14-8-9-16-33(29)56-36)55-27-20-32-37(47)44-41(39(49)45-57(51,52)28-17-18-28)22-25(41)12-6-4-3-5-7-15-30(43-40(50)54-2)38(48)46(32)23-27/h6,8-14,16,19,21,25,27-28,30,32H,3-5,7,15,17-18,20,22-23H2,1-2H3,(H,43,50)(H,44,47)(H,45,49)/b12-6-/t25-,27+,30-,32-,41+/m0/s1. The van der Waals surface area contributed by atoms with Crippen molar-refractivity contribution in [2.75, 3.05) is 20.8 Å². The highest BCUT2D eigenvalue weighted by Gasteiger charge is 2.62. The van der Waals surface area contributed by atoms with Crippen molar-refractivity contribution in [1.29, 1.82) is 0 Å². The van der Waals surface area contributed by atoms with Gasteiger partial charge in [-0.2, -0.15) is 0 Å². The van der Waals surface area contributed by atoms with E-state index in [2.05, 4.69) is 15.4 Å².